The molecule has 0 saturated heterocycles. The second-order valence-electron chi connectivity index (χ2n) is 5.94. The van der Waals surface area contributed by atoms with Crippen LogP contribution in [0.1, 0.15) is 16.1 Å². The van der Waals surface area contributed by atoms with Gasteiger partial charge in [-0.05, 0) is 18.1 Å². The highest BCUT2D eigenvalue weighted by Gasteiger charge is 2.13. The van der Waals surface area contributed by atoms with Gasteiger partial charge >= 0.3 is 0 Å². The molecule has 5 heteroatoms. The molecule has 0 aliphatic heterocycles. The molecule has 2 heterocycles. The van der Waals surface area contributed by atoms with Gasteiger partial charge in [-0.1, -0.05) is 59.8 Å². The third-order valence-electron chi connectivity index (χ3n) is 4.20. The number of carbonyl (C=O) groups is 1. The van der Waals surface area contributed by atoms with E-state index in [1.807, 2.05) is 60.7 Å². The smallest absolute Gasteiger partial charge is 0.289 e. The Kier molecular flexibility index (Phi) is 4.43. The minimum absolute atomic E-state index is 0.208. The number of fused-ring (bicyclic) bond motifs is 1. The molecule has 2 aromatic heterocycles. The summed E-state index contributed by atoms with van der Waals surface area (Å²) in [6, 6.07) is 21.3. The zero-order valence-corrected chi connectivity index (χ0v) is 14.1. The first-order valence-corrected chi connectivity index (χ1v) is 8.44. The molecule has 1 N–H and O–H groups in total. The van der Waals surface area contributed by atoms with Gasteiger partial charge in [0.2, 0.25) is 5.76 Å². The highest BCUT2D eigenvalue weighted by molar-refractivity contribution is 5.92. The molecule has 5 nitrogen and oxygen atoms in total. The van der Waals surface area contributed by atoms with Gasteiger partial charge in [-0.2, -0.15) is 0 Å². The Hall–Kier alpha value is -3.47. The van der Waals surface area contributed by atoms with Gasteiger partial charge in [0.25, 0.3) is 5.91 Å². The molecule has 0 atom stereocenters. The van der Waals surface area contributed by atoms with Crippen molar-refractivity contribution in [1.29, 1.82) is 0 Å². The second kappa shape index (κ2) is 7.19. The molecule has 4 rings (SSSR count). The summed E-state index contributed by atoms with van der Waals surface area (Å²) in [4.78, 5) is 16.7. The Labute approximate surface area is 150 Å². The number of hydrogen-bond acceptors (Lipinski definition) is 4. The maximum absolute atomic E-state index is 12.3. The first-order chi connectivity index (χ1) is 12.8. The number of para-hydroxylation sites is 1. The van der Waals surface area contributed by atoms with Gasteiger partial charge in [0.15, 0.2) is 0 Å². The molecule has 1 amide bonds. The van der Waals surface area contributed by atoms with Gasteiger partial charge in [0.1, 0.15) is 5.69 Å². The molecule has 128 valence electrons. The van der Waals surface area contributed by atoms with E-state index >= 15 is 0 Å². The van der Waals surface area contributed by atoms with Crippen LogP contribution in [0, 0.1) is 0 Å². The normalized spacial score (nSPS) is 10.8. The van der Waals surface area contributed by atoms with E-state index in [1.165, 1.54) is 0 Å². The van der Waals surface area contributed by atoms with Crippen LogP contribution in [0.2, 0.25) is 0 Å². The third kappa shape index (κ3) is 3.32. The zero-order valence-electron chi connectivity index (χ0n) is 14.1. The van der Waals surface area contributed by atoms with E-state index in [1.54, 1.807) is 12.3 Å². The van der Waals surface area contributed by atoms with Crippen LogP contribution in [0.25, 0.3) is 22.2 Å². The Bertz CT molecular complexity index is 1040. The lowest BCUT2D eigenvalue weighted by Gasteiger charge is -2.06. The SMILES string of the molecule is O=C(NCCc1cccc2cccnc12)c1cc(-c2ccccc2)no1. The molecule has 0 saturated carbocycles. The number of hydrogen-bond donors (Lipinski definition) is 1. The van der Waals surface area contributed by atoms with Crippen molar-refractivity contribution in [3.05, 3.63) is 84.3 Å². The van der Waals surface area contributed by atoms with Gasteiger partial charge in [0.05, 0.1) is 5.52 Å². The molecule has 0 unspecified atom stereocenters. The maximum Gasteiger partial charge on any atom is 0.289 e. The average Bonchev–Trinajstić information content (AvgIpc) is 3.19. The van der Waals surface area contributed by atoms with Crippen LogP contribution in [-0.2, 0) is 6.42 Å². The fourth-order valence-corrected chi connectivity index (χ4v) is 2.89. The Morgan fingerprint density at radius 3 is 2.73 bits per heavy atom. The molecule has 4 aromatic rings. The number of amides is 1. The van der Waals surface area contributed by atoms with Crippen LogP contribution in [-0.4, -0.2) is 22.6 Å². The van der Waals surface area contributed by atoms with E-state index < -0.39 is 0 Å². The minimum atomic E-state index is -0.270. The molecule has 0 spiro atoms. The summed E-state index contributed by atoms with van der Waals surface area (Å²) in [5.74, 6) is -0.0622. The molecular weight excluding hydrogens is 326 g/mol. The van der Waals surface area contributed by atoms with Crippen molar-refractivity contribution in [2.45, 2.75) is 6.42 Å². The van der Waals surface area contributed by atoms with Crippen LogP contribution < -0.4 is 5.32 Å². The van der Waals surface area contributed by atoms with E-state index in [0.717, 1.165) is 22.0 Å². The fourth-order valence-electron chi connectivity index (χ4n) is 2.89. The van der Waals surface area contributed by atoms with Crippen molar-refractivity contribution in [2.75, 3.05) is 6.54 Å². The summed E-state index contributed by atoms with van der Waals surface area (Å²) < 4.78 is 5.18. The molecule has 2 aromatic carbocycles. The van der Waals surface area contributed by atoms with Crippen LogP contribution in [0.15, 0.2) is 77.4 Å². The van der Waals surface area contributed by atoms with Gasteiger partial charge in [0, 0.05) is 29.8 Å². The van der Waals surface area contributed by atoms with Gasteiger partial charge in [-0.3, -0.25) is 9.78 Å². The average molecular weight is 343 g/mol. The second-order valence-corrected chi connectivity index (χ2v) is 5.94. The van der Waals surface area contributed by atoms with Crippen LogP contribution in [0.5, 0.6) is 0 Å². The minimum Gasteiger partial charge on any atom is -0.350 e. The molecule has 0 radical (unpaired) electrons. The first kappa shape index (κ1) is 16.0. The van der Waals surface area contributed by atoms with Crippen LogP contribution in [0.4, 0.5) is 0 Å². The van der Waals surface area contributed by atoms with Gasteiger partial charge in [-0.25, -0.2) is 0 Å². The number of rotatable bonds is 5. The molecule has 0 aliphatic rings. The Morgan fingerprint density at radius 2 is 1.85 bits per heavy atom. The summed E-state index contributed by atoms with van der Waals surface area (Å²) >= 11 is 0. The monoisotopic (exact) mass is 343 g/mol. The number of carbonyl (C=O) groups excluding carboxylic acids is 1. The van der Waals surface area contributed by atoms with Crippen LogP contribution in [0.3, 0.4) is 0 Å². The van der Waals surface area contributed by atoms with E-state index in [9.17, 15) is 4.79 Å². The summed E-state index contributed by atoms with van der Waals surface area (Å²) in [5, 5.41) is 7.94. The van der Waals surface area contributed by atoms with Crippen LogP contribution >= 0.6 is 0 Å². The van der Waals surface area contributed by atoms with Crippen molar-refractivity contribution in [3.8, 4) is 11.3 Å². The van der Waals surface area contributed by atoms with Crippen molar-refractivity contribution in [3.63, 3.8) is 0 Å². The van der Waals surface area contributed by atoms with Crippen molar-refractivity contribution < 1.29 is 9.32 Å². The number of nitrogens with one attached hydrogen (secondary N) is 1. The number of benzene rings is 2. The molecule has 0 bridgehead atoms. The molecule has 26 heavy (non-hydrogen) atoms. The lowest BCUT2D eigenvalue weighted by Crippen LogP contribution is -2.25. The topological polar surface area (TPSA) is 68.0 Å². The largest absolute Gasteiger partial charge is 0.350 e. The first-order valence-electron chi connectivity index (χ1n) is 8.44. The highest BCUT2D eigenvalue weighted by atomic mass is 16.5. The van der Waals surface area contributed by atoms with E-state index in [0.29, 0.717) is 18.7 Å². The third-order valence-corrected chi connectivity index (χ3v) is 4.20. The van der Waals surface area contributed by atoms with E-state index in [4.69, 9.17) is 4.52 Å². The Balaban J connectivity index is 1.41. The van der Waals surface area contributed by atoms with Crippen molar-refractivity contribution in [2.24, 2.45) is 0 Å². The fraction of sp³-hybridized carbons (Fsp3) is 0.0952. The highest BCUT2D eigenvalue weighted by Crippen LogP contribution is 2.19. The van der Waals surface area contributed by atoms with E-state index in [-0.39, 0.29) is 11.7 Å². The summed E-state index contributed by atoms with van der Waals surface area (Å²) in [6.07, 6.45) is 2.48. The summed E-state index contributed by atoms with van der Waals surface area (Å²) in [5.41, 5.74) is 3.63. The summed E-state index contributed by atoms with van der Waals surface area (Å²) in [6.45, 7) is 0.496. The predicted octanol–water partition coefficient (Wildman–Crippen LogP) is 3.86. The van der Waals surface area contributed by atoms with Crippen molar-refractivity contribution >= 4 is 16.8 Å². The van der Waals surface area contributed by atoms with Gasteiger partial charge < -0.3 is 9.84 Å². The molecule has 0 aliphatic carbocycles. The van der Waals surface area contributed by atoms with Gasteiger partial charge in [-0.15, -0.1) is 0 Å². The zero-order chi connectivity index (χ0) is 17.8. The lowest BCUT2D eigenvalue weighted by atomic mass is 10.1. The number of pyridine rings is 1. The number of aromatic nitrogens is 2. The maximum atomic E-state index is 12.3. The quantitative estimate of drug-likeness (QED) is 0.597. The summed E-state index contributed by atoms with van der Waals surface area (Å²) in [7, 11) is 0. The van der Waals surface area contributed by atoms with E-state index in [2.05, 4.69) is 15.5 Å². The lowest BCUT2D eigenvalue weighted by molar-refractivity contribution is 0.0917. The molecular formula is C21H17N3O2. The Morgan fingerprint density at radius 1 is 1.00 bits per heavy atom. The molecule has 0 fully saturated rings. The number of nitrogens with zero attached hydrogens (tertiary/aromatic N) is 2. The van der Waals surface area contributed by atoms with Crippen molar-refractivity contribution in [1.82, 2.24) is 15.5 Å². The standard InChI is InChI=1S/C21H17N3O2/c25-21(19-14-18(24-26-19)15-6-2-1-3-7-15)23-13-11-17-9-4-8-16-10-5-12-22-20(16)17/h1-10,12,14H,11,13H2,(H,23,25). The predicted molar refractivity (Wildman–Crippen MR) is 99.7 cm³/mol.